The van der Waals surface area contributed by atoms with Gasteiger partial charge in [0.2, 0.25) is 0 Å². The molecule has 0 aromatic heterocycles. The van der Waals surface area contributed by atoms with E-state index in [0.29, 0.717) is 5.56 Å². The van der Waals surface area contributed by atoms with Gasteiger partial charge in [-0.25, -0.2) is 4.39 Å². The van der Waals surface area contributed by atoms with Crippen LogP contribution in [0.15, 0.2) is 77.1 Å². The van der Waals surface area contributed by atoms with Gasteiger partial charge in [-0.1, -0.05) is 69.3 Å². The van der Waals surface area contributed by atoms with Crippen molar-refractivity contribution >= 4 is 6.21 Å². The first-order valence-corrected chi connectivity index (χ1v) is 10.0. The molecule has 0 aliphatic heterocycles. The quantitative estimate of drug-likeness (QED) is 0.495. The minimum absolute atomic E-state index is 0.123. The third-order valence-electron chi connectivity index (χ3n) is 4.40. The monoisotopic (exact) mass is 380 g/mol. The van der Waals surface area contributed by atoms with E-state index in [2.05, 4.69) is 31.1 Å². The van der Waals surface area contributed by atoms with Gasteiger partial charge < -0.3 is 5.32 Å². The third kappa shape index (κ3) is 6.80. The summed E-state index contributed by atoms with van der Waals surface area (Å²) in [5.41, 5.74) is 4.95. The van der Waals surface area contributed by atoms with Crippen molar-refractivity contribution in [2.24, 2.45) is 4.99 Å². The van der Waals surface area contributed by atoms with Gasteiger partial charge in [0.1, 0.15) is 5.82 Å². The Hall–Kier alpha value is -2.68. The van der Waals surface area contributed by atoms with Crippen molar-refractivity contribution in [3.8, 4) is 11.1 Å². The molecule has 0 aliphatic rings. The highest BCUT2D eigenvalue weighted by Crippen LogP contribution is 2.24. The molecule has 150 valence electrons. The van der Waals surface area contributed by atoms with E-state index in [9.17, 15) is 4.39 Å². The van der Waals surface area contributed by atoms with Crippen LogP contribution < -0.4 is 5.32 Å². The molecule has 0 saturated carbocycles. The van der Waals surface area contributed by atoms with E-state index in [1.165, 1.54) is 11.6 Å². The van der Waals surface area contributed by atoms with Gasteiger partial charge in [-0.05, 0) is 50.0 Å². The first-order valence-electron chi connectivity index (χ1n) is 10.0. The van der Waals surface area contributed by atoms with Gasteiger partial charge in [-0.15, -0.1) is 0 Å². The number of nitrogens with zero attached hydrogens (tertiary/aromatic N) is 1. The average Bonchev–Trinajstić information content (AvgIpc) is 2.74. The van der Waals surface area contributed by atoms with Crippen molar-refractivity contribution in [1.29, 1.82) is 0 Å². The Bertz CT molecular complexity index is 802. The molecule has 0 heterocycles. The standard InChI is InChI=1S/C23H27FN2.C2H6/c1-5-15-25-16-23(17(3)6-2)26-18(4)19-11-13-20(14-12-19)21-9-7-8-10-22(21)24;1-2/h5,7-16,18,26H,6H2,1-4H3;1-2H3/b15-5-,23-17-,25-16+;. The Balaban J connectivity index is 0.00000190. The molecule has 1 atom stereocenters. The molecule has 0 aliphatic carbocycles. The molecule has 0 spiro atoms. The predicted molar refractivity (Wildman–Crippen MR) is 121 cm³/mol. The molecule has 0 amide bonds. The fourth-order valence-electron chi connectivity index (χ4n) is 2.63. The van der Waals surface area contributed by atoms with Crippen LogP contribution >= 0.6 is 0 Å². The van der Waals surface area contributed by atoms with Crippen LogP contribution in [0.4, 0.5) is 4.39 Å². The van der Waals surface area contributed by atoms with Crippen molar-refractivity contribution in [3.05, 3.63) is 83.5 Å². The highest BCUT2D eigenvalue weighted by atomic mass is 19.1. The topological polar surface area (TPSA) is 24.4 Å². The van der Waals surface area contributed by atoms with Crippen LogP contribution in [0.3, 0.4) is 0 Å². The smallest absolute Gasteiger partial charge is 0.131 e. The van der Waals surface area contributed by atoms with Crippen molar-refractivity contribution in [2.45, 2.75) is 54.0 Å². The molecule has 2 rings (SSSR count). The molecule has 2 nitrogen and oxygen atoms in total. The lowest BCUT2D eigenvalue weighted by molar-refractivity contribution is 0.631. The first kappa shape index (κ1) is 23.4. The molecule has 0 bridgehead atoms. The van der Waals surface area contributed by atoms with Gasteiger partial charge in [0.15, 0.2) is 0 Å². The number of rotatable bonds is 7. The molecular formula is C25H33FN2. The summed E-state index contributed by atoms with van der Waals surface area (Å²) in [6.07, 6.45) is 6.50. The third-order valence-corrected chi connectivity index (χ3v) is 4.40. The Morgan fingerprint density at radius 3 is 2.32 bits per heavy atom. The zero-order valence-electron chi connectivity index (χ0n) is 18.0. The van der Waals surface area contributed by atoms with Crippen LogP contribution in [0.5, 0.6) is 0 Å². The molecule has 0 fully saturated rings. The van der Waals surface area contributed by atoms with E-state index in [4.69, 9.17) is 0 Å². The summed E-state index contributed by atoms with van der Waals surface area (Å²) in [5, 5.41) is 3.54. The van der Waals surface area contributed by atoms with Crippen LogP contribution in [-0.2, 0) is 0 Å². The van der Waals surface area contributed by atoms with Gasteiger partial charge in [0.25, 0.3) is 0 Å². The molecule has 0 radical (unpaired) electrons. The number of nitrogens with one attached hydrogen (secondary N) is 1. The number of hydrogen-bond donors (Lipinski definition) is 1. The summed E-state index contributed by atoms with van der Waals surface area (Å²) in [7, 11) is 0. The van der Waals surface area contributed by atoms with Gasteiger partial charge in [0.05, 0.1) is 5.70 Å². The number of hydrogen-bond acceptors (Lipinski definition) is 2. The second-order valence-corrected chi connectivity index (χ2v) is 6.28. The van der Waals surface area contributed by atoms with Crippen LogP contribution in [0.25, 0.3) is 11.1 Å². The maximum atomic E-state index is 13.9. The Kier molecular flexibility index (Phi) is 10.6. The zero-order valence-corrected chi connectivity index (χ0v) is 18.0. The van der Waals surface area contributed by atoms with Crippen molar-refractivity contribution in [1.82, 2.24) is 5.32 Å². The molecular weight excluding hydrogens is 347 g/mol. The highest BCUT2D eigenvalue weighted by Gasteiger charge is 2.09. The largest absolute Gasteiger partial charge is 0.377 e. The lowest BCUT2D eigenvalue weighted by atomic mass is 10.0. The maximum absolute atomic E-state index is 13.9. The first-order chi connectivity index (χ1) is 13.6. The average molecular weight is 381 g/mol. The maximum Gasteiger partial charge on any atom is 0.131 e. The van der Waals surface area contributed by atoms with Crippen LogP contribution in [-0.4, -0.2) is 6.21 Å². The van der Waals surface area contributed by atoms with Crippen LogP contribution in [0.1, 0.15) is 59.6 Å². The van der Waals surface area contributed by atoms with Crippen LogP contribution in [0, 0.1) is 5.82 Å². The van der Waals surface area contributed by atoms with E-state index >= 15 is 0 Å². The second-order valence-electron chi connectivity index (χ2n) is 6.28. The normalized spacial score (nSPS) is 13.1. The summed E-state index contributed by atoms with van der Waals surface area (Å²) in [6, 6.07) is 15.0. The van der Waals surface area contributed by atoms with E-state index in [0.717, 1.165) is 23.2 Å². The van der Waals surface area contributed by atoms with E-state index in [-0.39, 0.29) is 11.9 Å². The predicted octanol–water partition coefficient (Wildman–Crippen LogP) is 7.46. The fraction of sp³-hybridized carbons (Fsp3) is 0.320. The molecule has 3 heteroatoms. The summed E-state index contributed by atoms with van der Waals surface area (Å²) in [5.74, 6) is -0.199. The van der Waals surface area contributed by atoms with Crippen LogP contribution in [0.2, 0.25) is 0 Å². The van der Waals surface area contributed by atoms with E-state index in [1.54, 1.807) is 18.3 Å². The highest BCUT2D eigenvalue weighted by molar-refractivity contribution is 5.79. The molecule has 28 heavy (non-hydrogen) atoms. The molecule has 1 unspecified atom stereocenters. The number of halogens is 1. The van der Waals surface area contributed by atoms with Crippen molar-refractivity contribution in [3.63, 3.8) is 0 Å². The van der Waals surface area contributed by atoms with E-state index < -0.39 is 0 Å². The minimum atomic E-state index is -0.199. The second kappa shape index (κ2) is 12.7. The summed E-state index contributed by atoms with van der Waals surface area (Å²) < 4.78 is 13.9. The van der Waals surface area contributed by atoms with Gasteiger partial charge in [-0.2, -0.15) is 0 Å². The Morgan fingerprint density at radius 1 is 1.11 bits per heavy atom. The Morgan fingerprint density at radius 2 is 1.75 bits per heavy atom. The fourth-order valence-corrected chi connectivity index (χ4v) is 2.63. The van der Waals surface area contributed by atoms with Gasteiger partial charge >= 0.3 is 0 Å². The molecule has 0 saturated heterocycles. The molecule has 2 aromatic rings. The molecule has 2 aromatic carbocycles. The Labute approximate surface area is 169 Å². The molecule has 1 N–H and O–H groups in total. The number of benzene rings is 2. The summed E-state index contributed by atoms with van der Waals surface area (Å²) >= 11 is 0. The number of allylic oxidation sites excluding steroid dienone is 3. The number of aliphatic imine (C=N–C) groups is 1. The van der Waals surface area contributed by atoms with Gasteiger partial charge in [-0.3, -0.25) is 4.99 Å². The summed E-state index contributed by atoms with van der Waals surface area (Å²) in [6.45, 7) is 12.3. The van der Waals surface area contributed by atoms with Crippen molar-refractivity contribution in [2.75, 3.05) is 0 Å². The van der Waals surface area contributed by atoms with Crippen molar-refractivity contribution < 1.29 is 4.39 Å². The lowest BCUT2D eigenvalue weighted by Crippen LogP contribution is -2.20. The minimum Gasteiger partial charge on any atom is -0.377 e. The lowest BCUT2D eigenvalue weighted by Gasteiger charge is -2.18. The van der Waals surface area contributed by atoms with E-state index in [1.807, 2.05) is 63.4 Å². The zero-order chi connectivity index (χ0) is 20.9. The van der Waals surface area contributed by atoms with Gasteiger partial charge in [0, 0.05) is 24.0 Å². The SMILES string of the molecule is CC.C\C=C/N=C/C(NC(C)c1ccc(-c2ccccc2F)cc1)=C(\C)CC. The summed E-state index contributed by atoms with van der Waals surface area (Å²) in [4.78, 5) is 4.30.